The van der Waals surface area contributed by atoms with E-state index in [0.29, 0.717) is 32.2 Å². The molecule has 0 spiro atoms. The molecule has 7 nitrogen and oxygen atoms in total. The topological polar surface area (TPSA) is 84.9 Å². The maximum atomic E-state index is 14.2. The number of alkyl carbamates (subject to hydrolysis) is 1. The van der Waals surface area contributed by atoms with Gasteiger partial charge in [0, 0.05) is 13.0 Å². The summed E-state index contributed by atoms with van der Waals surface area (Å²) in [6.07, 6.45) is 0.958. The van der Waals surface area contributed by atoms with Gasteiger partial charge >= 0.3 is 12.1 Å². The molecule has 7 heteroatoms. The molecule has 2 atom stereocenters. The molecule has 40 heavy (non-hydrogen) atoms. The van der Waals surface area contributed by atoms with Crippen LogP contribution in [0.4, 0.5) is 4.79 Å². The molecule has 2 amide bonds. The van der Waals surface area contributed by atoms with Crippen LogP contribution in [0.25, 0.3) is 0 Å². The Balaban J connectivity index is 1.57. The summed E-state index contributed by atoms with van der Waals surface area (Å²) in [5.74, 6) is -0.762. The lowest BCUT2D eigenvalue weighted by Gasteiger charge is -2.33. The van der Waals surface area contributed by atoms with E-state index in [1.165, 1.54) is 0 Å². The highest BCUT2D eigenvalue weighted by atomic mass is 16.6. The largest absolute Gasteiger partial charge is 0.458 e. The number of rotatable bonds is 10. The zero-order valence-electron chi connectivity index (χ0n) is 23.5. The number of aryl methyl sites for hydroxylation is 1. The number of carbonyl (C=O) groups is 3. The molecule has 1 aliphatic heterocycles. The van der Waals surface area contributed by atoms with Gasteiger partial charge in [0.15, 0.2) is 0 Å². The predicted molar refractivity (Wildman–Crippen MR) is 153 cm³/mol. The van der Waals surface area contributed by atoms with Gasteiger partial charge in [-0.1, -0.05) is 91.0 Å². The molecule has 210 valence electrons. The van der Waals surface area contributed by atoms with Crippen LogP contribution in [-0.4, -0.2) is 46.6 Å². The van der Waals surface area contributed by atoms with Crippen molar-refractivity contribution in [1.29, 1.82) is 0 Å². The van der Waals surface area contributed by atoms with Crippen LogP contribution in [0.15, 0.2) is 91.0 Å². The van der Waals surface area contributed by atoms with Gasteiger partial charge in [-0.15, -0.1) is 0 Å². The van der Waals surface area contributed by atoms with Gasteiger partial charge in [-0.05, 0) is 56.7 Å². The second-order valence-electron chi connectivity index (χ2n) is 11.2. The van der Waals surface area contributed by atoms with Gasteiger partial charge in [-0.25, -0.2) is 9.59 Å². The molecule has 0 radical (unpaired) electrons. The second-order valence-corrected chi connectivity index (χ2v) is 11.2. The summed E-state index contributed by atoms with van der Waals surface area (Å²) in [5, 5.41) is 2.91. The first-order valence-electron chi connectivity index (χ1n) is 13.8. The van der Waals surface area contributed by atoms with E-state index in [9.17, 15) is 14.4 Å². The van der Waals surface area contributed by atoms with E-state index in [1.54, 1.807) is 4.90 Å². The first-order chi connectivity index (χ1) is 19.2. The Morgan fingerprint density at radius 2 is 1.43 bits per heavy atom. The van der Waals surface area contributed by atoms with E-state index in [4.69, 9.17) is 9.47 Å². The fourth-order valence-corrected chi connectivity index (χ4v) is 4.99. The lowest BCUT2D eigenvalue weighted by atomic mass is 9.89. The quantitative estimate of drug-likeness (QED) is 0.344. The first kappa shape index (κ1) is 28.9. The van der Waals surface area contributed by atoms with Gasteiger partial charge in [0.1, 0.15) is 23.8 Å². The van der Waals surface area contributed by atoms with E-state index in [2.05, 4.69) is 5.32 Å². The maximum absolute atomic E-state index is 14.2. The Morgan fingerprint density at radius 1 is 0.875 bits per heavy atom. The third-order valence-corrected chi connectivity index (χ3v) is 7.01. The minimum atomic E-state index is -1.21. The Labute approximate surface area is 236 Å². The molecule has 1 unspecified atom stereocenters. The van der Waals surface area contributed by atoms with E-state index < -0.39 is 29.2 Å². The number of nitrogens with one attached hydrogen (secondary N) is 1. The Bertz CT molecular complexity index is 1270. The Morgan fingerprint density at radius 3 is 2.00 bits per heavy atom. The SMILES string of the molecule is CC(C)(C)OC(=O)[C@H](Cc1ccccc1)N1CCC(CCc2ccccc2)(NC(=O)OCc2ccccc2)C1=O. The normalized spacial score (nSPS) is 17.8. The molecular weight excluding hydrogens is 504 g/mol. The van der Waals surface area contributed by atoms with Gasteiger partial charge in [-0.2, -0.15) is 0 Å². The van der Waals surface area contributed by atoms with Crippen molar-refractivity contribution in [2.75, 3.05) is 6.54 Å². The van der Waals surface area contributed by atoms with E-state index >= 15 is 0 Å². The van der Waals surface area contributed by atoms with Crippen molar-refractivity contribution < 1.29 is 23.9 Å². The van der Waals surface area contributed by atoms with Crippen molar-refractivity contribution in [3.05, 3.63) is 108 Å². The molecule has 1 heterocycles. The van der Waals surface area contributed by atoms with Crippen LogP contribution < -0.4 is 5.32 Å². The van der Waals surface area contributed by atoms with Crippen molar-refractivity contribution in [3.63, 3.8) is 0 Å². The maximum Gasteiger partial charge on any atom is 0.408 e. The third-order valence-electron chi connectivity index (χ3n) is 7.01. The van der Waals surface area contributed by atoms with Crippen LogP contribution >= 0.6 is 0 Å². The Hall–Kier alpha value is -4.13. The summed E-state index contributed by atoms with van der Waals surface area (Å²) in [6, 6.07) is 28.0. The number of ether oxygens (including phenoxy) is 2. The van der Waals surface area contributed by atoms with Gasteiger partial charge in [0.25, 0.3) is 0 Å². The number of hydrogen-bond acceptors (Lipinski definition) is 5. The molecule has 1 saturated heterocycles. The number of benzene rings is 3. The van der Waals surface area contributed by atoms with Crippen LogP contribution in [0.3, 0.4) is 0 Å². The highest BCUT2D eigenvalue weighted by Crippen LogP contribution is 2.32. The highest BCUT2D eigenvalue weighted by Gasteiger charge is 2.51. The monoisotopic (exact) mass is 542 g/mol. The minimum absolute atomic E-state index is 0.0912. The van der Waals surface area contributed by atoms with Crippen LogP contribution in [-0.2, 0) is 38.5 Å². The number of likely N-dealkylation sites (tertiary alicyclic amines) is 1. The van der Waals surface area contributed by atoms with E-state index in [1.807, 2.05) is 112 Å². The number of carbonyl (C=O) groups excluding carboxylic acids is 3. The van der Waals surface area contributed by atoms with Crippen molar-refractivity contribution in [1.82, 2.24) is 10.2 Å². The molecule has 1 aliphatic rings. The van der Waals surface area contributed by atoms with Crippen LogP contribution in [0.1, 0.15) is 50.3 Å². The van der Waals surface area contributed by atoms with Gasteiger partial charge in [0.05, 0.1) is 0 Å². The van der Waals surface area contributed by atoms with Crippen molar-refractivity contribution in [2.45, 2.75) is 70.2 Å². The molecule has 3 aromatic carbocycles. The molecule has 1 N–H and O–H groups in total. The molecule has 4 rings (SSSR count). The molecular formula is C33H38N2O5. The van der Waals surface area contributed by atoms with Crippen LogP contribution in [0.5, 0.6) is 0 Å². The zero-order chi connectivity index (χ0) is 28.6. The molecule has 1 fully saturated rings. The predicted octanol–water partition coefficient (Wildman–Crippen LogP) is 5.47. The molecule has 3 aromatic rings. The number of nitrogens with zero attached hydrogens (tertiary/aromatic N) is 1. The average molecular weight is 543 g/mol. The molecule has 0 aromatic heterocycles. The van der Waals surface area contributed by atoms with Gasteiger partial charge < -0.3 is 19.7 Å². The summed E-state index contributed by atoms with van der Waals surface area (Å²) in [6.45, 7) is 5.83. The number of amides is 2. The van der Waals surface area contributed by atoms with Gasteiger partial charge in [-0.3, -0.25) is 4.79 Å². The molecule has 0 bridgehead atoms. The van der Waals surface area contributed by atoms with Crippen molar-refractivity contribution in [3.8, 4) is 0 Å². The van der Waals surface area contributed by atoms with Crippen molar-refractivity contribution in [2.24, 2.45) is 0 Å². The van der Waals surface area contributed by atoms with E-state index in [0.717, 1.165) is 16.7 Å². The summed E-state index contributed by atoms with van der Waals surface area (Å²) in [4.78, 5) is 42.2. The standard InChI is InChI=1S/C33H38N2O5/c1-32(2,3)40-29(36)28(23-26-15-9-5-10-16-26)35-22-21-33(30(35)37,20-19-25-13-7-4-8-14-25)34-31(38)39-24-27-17-11-6-12-18-27/h4-18,28H,19-24H2,1-3H3,(H,34,38)/t28-,33?/m0/s1. The summed E-state index contributed by atoms with van der Waals surface area (Å²) < 4.78 is 11.3. The lowest BCUT2D eigenvalue weighted by Crippen LogP contribution is -2.57. The third kappa shape index (κ3) is 7.72. The fourth-order valence-electron chi connectivity index (χ4n) is 4.99. The summed E-state index contributed by atoms with van der Waals surface area (Å²) >= 11 is 0. The first-order valence-corrected chi connectivity index (χ1v) is 13.8. The highest BCUT2D eigenvalue weighted by molar-refractivity contribution is 5.95. The van der Waals surface area contributed by atoms with E-state index in [-0.39, 0.29) is 12.5 Å². The fraction of sp³-hybridized carbons (Fsp3) is 0.364. The zero-order valence-corrected chi connectivity index (χ0v) is 23.5. The summed E-state index contributed by atoms with van der Waals surface area (Å²) in [5.41, 5.74) is 0.908. The second kappa shape index (κ2) is 12.8. The number of hydrogen-bond donors (Lipinski definition) is 1. The average Bonchev–Trinajstić information content (AvgIpc) is 3.25. The Kier molecular flexibility index (Phi) is 9.25. The van der Waals surface area contributed by atoms with Crippen LogP contribution in [0.2, 0.25) is 0 Å². The molecule has 0 saturated carbocycles. The summed E-state index contributed by atoms with van der Waals surface area (Å²) in [7, 11) is 0. The smallest absolute Gasteiger partial charge is 0.408 e. The number of esters is 1. The van der Waals surface area contributed by atoms with Crippen molar-refractivity contribution >= 4 is 18.0 Å². The molecule has 0 aliphatic carbocycles. The lowest BCUT2D eigenvalue weighted by molar-refractivity contribution is -0.164. The van der Waals surface area contributed by atoms with Crippen LogP contribution in [0, 0.1) is 0 Å². The minimum Gasteiger partial charge on any atom is -0.458 e. The van der Waals surface area contributed by atoms with Gasteiger partial charge in [0.2, 0.25) is 5.91 Å².